The van der Waals surface area contributed by atoms with Crippen LogP contribution in [-0.2, 0) is 9.59 Å². The summed E-state index contributed by atoms with van der Waals surface area (Å²) >= 11 is 5.83. The van der Waals surface area contributed by atoms with E-state index in [4.69, 9.17) is 16.3 Å². The fourth-order valence-electron chi connectivity index (χ4n) is 1.04. The Kier molecular flexibility index (Phi) is 3.68. The van der Waals surface area contributed by atoms with Crippen LogP contribution < -0.4 is 10.1 Å². The van der Waals surface area contributed by atoms with Crippen molar-refractivity contribution in [1.29, 1.82) is 0 Å². The molecule has 0 aliphatic rings. The number of benzene rings is 1. The van der Waals surface area contributed by atoms with Crippen LogP contribution in [0.3, 0.4) is 0 Å². The van der Waals surface area contributed by atoms with Crippen molar-refractivity contribution in [3.05, 3.63) is 23.2 Å². The second-order valence-corrected chi connectivity index (χ2v) is 3.30. The Balaban J connectivity index is 3.08. The van der Waals surface area contributed by atoms with Gasteiger partial charge in [-0.25, -0.2) is 0 Å². The molecule has 15 heavy (non-hydrogen) atoms. The van der Waals surface area contributed by atoms with E-state index in [0.717, 1.165) is 0 Å². The maximum atomic E-state index is 10.9. The summed E-state index contributed by atoms with van der Waals surface area (Å²) in [4.78, 5) is 21.7. The number of anilines is 1. The van der Waals surface area contributed by atoms with Crippen LogP contribution in [0.25, 0.3) is 0 Å². The highest BCUT2D eigenvalue weighted by Gasteiger charge is 2.11. The molecule has 0 heterocycles. The number of nitrogens with one attached hydrogen (secondary N) is 1. The molecule has 0 saturated carbocycles. The lowest BCUT2D eigenvalue weighted by Gasteiger charge is -2.10. The number of halogens is 1. The molecule has 1 aromatic rings. The molecule has 4 nitrogen and oxygen atoms in total. The first-order valence-electron chi connectivity index (χ1n) is 4.25. The molecular weight excluding hydrogens is 218 g/mol. The third kappa shape index (κ3) is 3.25. The van der Waals surface area contributed by atoms with Crippen molar-refractivity contribution in [3.8, 4) is 5.75 Å². The van der Waals surface area contributed by atoms with Crippen LogP contribution in [0.2, 0.25) is 5.02 Å². The normalized spacial score (nSPS) is 9.53. The Hall–Kier alpha value is -1.55. The van der Waals surface area contributed by atoms with Crippen molar-refractivity contribution >= 4 is 29.2 Å². The summed E-state index contributed by atoms with van der Waals surface area (Å²) in [6.07, 6.45) is 0. The van der Waals surface area contributed by atoms with E-state index in [2.05, 4.69) is 5.32 Å². The number of esters is 1. The molecule has 0 unspecified atom stereocenters. The number of carbonyl (C=O) groups excluding carboxylic acids is 2. The average Bonchev–Trinajstić information content (AvgIpc) is 2.09. The van der Waals surface area contributed by atoms with Crippen LogP contribution in [0.1, 0.15) is 13.8 Å². The number of rotatable bonds is 2. The Morgan fingerprint density at radius 1 is 1.33 bits per heavy atom. The highest BCUT2D eigenvalue weighted by molar-refractivity contribution is 6.32. The van der Waals surface area contributed by atoms with Gasteiger partial charge < -0.3 is 10.1 Å². The molecule has 1 aromatic carbocycles. The third-order valence-corrected chi connectivity index (χ3v) is 1.82. The maximum absolute atomic E-state index is 10.9. The zero-order chi connectivity index (χ0) is 11.4. The minimum atomic E-state index is -0.491. The Morgan fingerprint density at radius 3 is 2.53 bits per heavy atom. The molecule has 0 aromatic heterocycles. The first-order valence-corrected chi connectivity index (χ1v) is 4.63. The van der Waals surface area contributed by atoms with Crippen molar-refractivity contribution in [2.75, 3.05) is 5.32 Å². The van der Waals surface area contributed by atoms with Gasteiger partial charge in [-0.15, -0.1) is 0 Å². The smallest absolute Gasteiger partial charge is 0.308 e. The highest BCUT2D eigenvalue weighted by atomic mass is 35.5. The van der Waals surface area contributed by atoms with Crippen LogP contribution in [0.4, 0.5) is 5.69 Å². The van der Waals surface area contributed by atoms with Gasteiger partial charge in [0, 0.05) is 13.8 Å². The molecule has 80 valence electrons. The molecule has 0 spiro atoms. The first-order chi connectivity index (χ1) is 7.00. The van der Waals surface area contributed by atoms with E-state index in [9.17, 15) is 9.59 Å². The van der Waals surface area contributed by atoms with Gasteiger partial charge in [-0.05, 0) is 12.1 Å². The van der Waals surface area contributed by atoms with Gasteiger partial charge in [0.1, 0.15) is 0 Å². The van der Waals surface area contributed by atoms with E-state index >= 15 is 0 Å². The predicted octanol–water partition coefficient (Wildman–Crippen LogP) is 2.22. The number of hydrogen-bond acceptors (Lipinski definition) is 3. The van der Waals surface area contributed by atoms with Gasteiger partial charge in [0.15, 0.2) is 5.75 Å². The maximum Gasteiger partial charge on any atom is 0.308 e. The largest absolute Gasteiger partial charge is 0.423 e. The SMILES string of the molecule is CC(=O)Nc1cccc(Cl)c1OC(C)=O. The van der Waals surface area contributed by atoms with Crippen molar-refractivity contribution in [2.45, 2.75) is 13.8 Å². The highest BCUT2D eigenvalue weighted by Crippen LogP contribution is 2.32. The van der Waals surface area contributed by atoms with E-state index in [1.54, 1.807) is 18.2 Å². The lowest BCUT2D eigenvalue weighted by Crippen LogP contribution is -2.10. The number of ether oxygens (including phenoxy) is 1. The van der Waals surface area contributed by atoms with E-state index in [1.165, 1.54) is 13.8 Å². The summed E-state index contributed by atoms with van der Waals surface area (Å²) in [5.41, 5.74) is 0.380. The standard InChI is InChI=1S/C10H10ClNO3/c1-6(13)12-9-5-3-4-8(11)10(9)15-7(2)14/h3-5H,1-2H3,(H,12,13). The Labute approximate surface area is 92.2 Å². The molecule has 0 aliphatic carbocycles. The minimum Gasteiger partial charge on any atom is -0.423 e. The van der Waals surface area contributed by atoms with Crippen LogP contribution >= 0.6 is 11.6 Å². The summed E-state index contributed by atoms with van der Waals surface area (Å²) < 4.78 is 4.89. The van der Waals surface area contributed by atoms with Crippen LogP contribution in [0.15, 0.2) is 18.2 Å². The fraction of sp³-hybridized carbons (Fsp3) is 0.200. The molecule has 0 saturated heterocycles. The lowest BCUT2D eigenvalue weighted by molar-refractivity contribution is -0.131. The average molecular weight is 228 g/mol. The van der Waals surface area contributed by atoms with E-state index in [1.807, 2.05) is 0 Å². The summed E-state index contributed by atoms with van der Waals surface area (Å²) in [5.74, 6) is -0.581. The Bertz CT molecular complexity index is 404. The second kappa shape index (κ2) is 4.79. The van der Waals surface area contributed by atoms with Gasteiger partial charge in [-0.2, -0.15) is 0 Å². The minimum absolute atomic E-state index is 0.168. The van der Waals surface area contributed by atoms with E-state index in [0.29, 0.717) is 5.69 Å². The molecule has 0 aliphatic heterocycles. The third-order valence-electron chi connectivity index (χ3n) is 1.52. The number of hydrogen-bond donors (Lipinski definition) is 1. The molecule has 0 atom stereocenters. The van der Waals surface area contributed by atoms with Gasteiger partial charge in [0.25, 0.3) is 0 Å². The van der Waals surface area contributed by atoms with Gasteiger partial charge in [0.2, 0.25) is 5.91 Å². The number of amides is 1. The van der Waals surface area contributed by atoms with Crippen molar-refractivity contribution in [3.63, 3.8) is 0 Å². The van der Waals surface area contributed by atoms with Crippen molar-refractivity contribution in [2.24, 2.45) is 0 Å². The first kappa shape index (κ1) is 11.5. The topological polar surface area (TPSA) is 55.4 Å². The number of carbonyl (C=O) groups is 2. The summed E-state index contributed by atoms with van der Waals surface area (Å²) in [6.45, 7) is 2.62. The predicted molar refractivity (Wildman–Crippen MR) is 57.1 cm³/mol. The molecule has 0 fully saturated rings. The summed E-state index contributed by atoms with van der Waals surface area (Å²) in [6, 6.07) is 4.83. The second-order valence-electron chi connectivity index (χ2n) is 2.89. The zero-order valence-electron chi connectivity index (χ0n) is 8.33. The fourth-order valence-corrected chi connectivity index (χ4v) is 1.26. The summed E-state index contributed by atoms with van der Waals surface area (Å²) in [5, 5.41) is 2.79. The van der Waals surface area contributed by atoms with Gasteiger partial charge in [0.05, 0.1) is 10.7 Å². The molecular formula is C10H10ClNO3. The molecule has 1 rings (SSSR count). The number of para-hydroxylation sites is 1. The molecule has 1 amide bonds. The van der Waals surface area contributed by atoms with Crippen molar-refractivity contribution in [1.82, 2.24) is 0 Å². The molecule has 0 radical (unpaired) electrons. The zero-order valence-corrected chi connectivity index (χ0v) is 9.09. The summed E-state index contributed by atoms with van der Waals surface area (Å²) in [7, 11) is 0. The van der Waals surface area contributed by atoms with Crippen LogP contribution in [-0.4, -0.2) is 11.9 Å². The van der Waals surface area contributed by atoms with Gasteiger partial charge >= 0.3 is 5.97 Å². The molecule has 0 bridgehead atoms. The Morgan fingerprint density at radius 2 is 2.00 bits per heavy atom. The molecule has 5 heteroatoms. The van der Waals surface area contributed by atoms with Crippen LogP contribution in [0.5, 0.6) is 5.75 Å². The monoisotopic (exact) mass is 227 g/mol. The quantitative estimate of drug-likeness (QED) is 0.623. The van der Waals surface area contributed by atoms with Gasteiger partial charge in [-0.3, -0.25) is 9.59 Å². The van der Waals surface area contributed by atoms with Crippen LogP contribution in [0, 0.1) is 0 Å². The van der Waals surface area contributed by atoms with Crippen molar-refractivity contribution < 1.29 is 14.3 Å². The van der Waals surface area contributed by atoms with E-state index in [-0.39, 0.29) is 16.7 Å². The van der Waals surface area contributed by atoms with E-state index < -0.39 is 5.97 Å². The van der Waals surface area contributed by atoms with Gasteiger partial charge in [-0.1, -0.05) is 17.7 Å². The molecule has 1 N–H and O–H groups in total. The lowest BCUT2D eigenvalue weighted by atomic mass is 10.3.